The third-order valence-corrected chi connectivity index (χ3v) is 3.54. The van der Waals surface area contributed by atoms with Gasteiger partial charge in [0.05, 0.1) is 12.3 Å². The molecule has 1 fully saturated rings. The van der Waals surface area contributed by atoms with Gasteiger partial charge in [0, 0.05) is 18.2 Å². The summed E-state index contributed by atoms with van der Waals surface area (Å²) < 4.78 is 37.6. The Kier molecular flexibility index (Phi) is 3.47. The van der Waals surface area contributed by atoms with Gasteiger partial charge in [0.2, 0.25) is 5.88 Å². The predicted octanol–water partition coefficient (Wildman–Crippen LogP) is 3.34. The number of alkyl halides is 2. The van der Waals surface area contributed by atoms with E-state index < -0.39 is 12.0 Å². The number of nitrogens with two attached hydrogens (primary N) is 1. The van der Waals surface area contributed by atoms with Crippen molar-refractivity contribution >= 4 is 5.69 Å². The van der Waals surface area contributed by atoms with Crippen molar-refractivity contribution in [1.29, 1.82) is 0 Å². The lowest BCUT2D eigenvalue weighted by Gasteiger charge is -2.41. The standard InChI is InChI=1S/C15H14F2N2O2/c16-14(17)15(7-9-20-15)10-4-1-2-6-12(10)21-13-11(18)5-3-8-19-13/h1-6,8,14H,7,9,18H2. The SMILES string of the molecule is Nc1cccnc1Oc1ccccc1C1(C(F)F)CCO1. The zero-order valence-electron chi connectivity index (χ0n) is 11.1. The van der Waals surface area contributed by atoms with E-state index in [-0.39, 0.29) is 18.1 Å². The van der Waals surface area contributed by atoms with Crippen molar-refractivity contribution in [2.24, 2.45) is 0 Å². The van der Waals surface area contributed by atoms with E-state index in [1.54, 1.807) is 36.4 Å². The first-order valence-corrected chi connectivity index (χ1v) is 6.53. The van der Waals surface area contributed by atoms with Crippen LogP contribution in [0.2, 0.25) is 0 Å². The number of anilines is 1. The molecule has 6 heteroatoms. The first-order chi connectivity index (χ1) is 10.1. The van der Waals surface area contributed by atoms with Crippen molar-refractivity contribution < 1.29 is 18.3 Å². The molecule has 1 aromatic heterocycles. The highest BCUT2D eigenvalue weighted by atomic mass is 19.3. The molecule has 0 bridgehead atoms. The smallest absolute Gasteiger partial charge is 0.271 e. The maximum atomic E-state index is 13.4. The summed E-state index contributed by atoms with van der Waals surface area (Å²) in [5, 5.41) is 0. The van der Waals surface area contributed by atoms with Crippen LogP contribution < -0.4 is 10.5 Å². The molecular formula is C15H14F2N2O2. The molecule has 21 heavy (non-hydrogen) atoms. The van der Waals surface area contributed by atoms with E-state index >= 15 is 0 Å². The van der Waals surface area contributed by atoms with Gasteiger partial charge in [-0.05, 0) is 18.2 Å². The summed E-state index contributed by atoms with van der Waals surface area (Å²) in [5.74, 6) is 0.469. The van der Waals surface area contributed by atoms with Gasteiger partial charge in [0.15, 0.2) is 5.60 Å². The van der Waals surface area contributed by atoms with Gasteiger partial charge in [-0.3, -0.25) is 0 Å². The summed E-state index contributed by atoms with van der Waals surface area (Å²) in [6.45, 7) is 0.310. The Morgan fingerprint density at radius 3 is 2.62 bits per heavy atom. The summed E-state index contributed by atoms with van der Waals surface area (Å²) in [5.41, 5.74) is 4.83. The highest BCUT2D eigenvalue weighted by Crippen LogP contribution is 2.47. The average molecular weight is 292 g/mol. The number of rotatable bonds is 4. The fourth-order valence-corrected chi connectivity index (χ4v) is 2.32. The van der Waals surface area contributed by atoms with Crippen LogP contribution in [0.4, 0.5) is 14.5 Å². The summed E-state index contributed by atoms with van der Waals surface area (Å²) in [4.78, 5) is 4.01. The zero-order chi connectivity index (χ0) is 14.9. The number of hydrogen-bond acceptors (Lipinski definition) is 4. The summed E-state index contributed by atoms with van der Waals surface area (Å²) in [7, 11) is 0. The number of ether oxygens (including phenoxy) is 2. The summed E-state index contributed by atoms with van der Waals surface area (Å²) in [6.07, 6.45) is -0.850. The van der Waals surface area contributed by atoms with Crippen molar-refractivity contribution in [2.45, 2.75) is 18.4 Å². The highest BCUT2D eigenvalue weighted by Gasteiger charge is 2.50. The van der Waals surface area contributed by atoms with E-state index in [0.717, 1.165) is 0 Å². The number of nitrogens with zero attached hydrogens (tertiary/aromatic N) is 1. The van der Waals surface area contributed by atoms with Gasteiger partial charge >= 0.3 is 0 Å². The summed E-state index contributed by atoms with van der Waals surface area (Å²) in [6, 6.07) is 9.87. The van der Waals surface area contributed by atoms with E-state index in [0.29, 0.717) is 17.9 Å². The van der Waals surface area contributed by atoms with Crippen LogP contribution in [-0.4, -0.2) is 18.0 Å². The molecule has 110 valence electrons. The summed E-state index contributed by atoms with van der Waals surface area (Å²) >= 11 is 0. The van der Waals surface area contributed by atoms with Crippen LogP contribution in [0.1, 0.15) is 12.0 Å². The van der Waals surface area contributed by atoms with Gasteiger partial charge < -0.3 is 15.2 Å². The van der Waals surface area contributed by atoms with Crippen molar-refractivity contribution in [2.75, 3.05) is 12.3 Å². The van der Waals surface area contributed by atoms with E-state index in [1.807, 2.05) is 0 Å². The topological polar surface area (TPSA) is 57.4 Å². The van der Waals surface area contributed by atoms with Crippen LogP contribution in [0.3, 0.4) is 0 Å². The Bertz CT molecular complexity index is 645. The first kappa shape index (κ1) is 13.8. The quantitative estimate of drug-likeness (QED) is 0.939. The van der Waals surface area contributed by atoms with E-state index in [9.17, 15) is 8.78 Å². The van der Waals surface area contributed by atoms with Gasteiger partial charge in [-0.2, -0.15) is 0 Å². The van der Waals surface area contributed by atoms with E-state index in [4.69, 9.17) is 15.2 Å². The third kappa shape index (κ3) is 2.31. The molecule has 4 nitrogen and oxygen atoms in total. The number of para-hydroxylation sites is 1. The minimum absolute atomic E-state index is 0.189. The zero-order valence-corrected chi connectivity index (χ0v) is 11.1. The van der Waals surface area contributed by atoms with Crippen LogP contribution in [0.25, 0.3) is 0 Å². The second-order valence-electron chi connectivity index (χ2n) is 4.78. The monoisotopic (exact) mass is 292 g/mol. The minimum Gasteiger partial charge on any atom is -0.437 e. The van der Waals surface area contributed by atoms with Crippen molar-refractivity contribution in [3.63, 3.8) is 0 Å². The molecule has 1 unspecified atom stereocenters. The number of aromatic nitrogens is 1. The number of halogens is 2. The molecule has 2 aromatic rings. The molecular weight excluding hydrogens is 278 g/mol. The van der Waals surface area contributed by atoms with Crippen molar-refractivity contribution in [1.82, 2.24) is 4.98 Å². The third-order valence-electron chi connectivity index (χ3n) is 3.54. The van der Waals surface area contributed by atoms with Crippen LogP contribution in [-0.2, 0) is 10.3 Å². The van der Waals surface area contributed by atoms with E-state index in [2.05, 4.69) is 4.98 Å². The minimum atomic E-state index is -2.63. The molecule has 1 saturated heterocycles. The molecule has 1 atom stereocenters. The average Bonchev–Trinajstić information content (AvgIpc) is 2.41. The van der Waals surface area contributed by atoms with Crippen LogP contribution >= 0.6 is 0 Å². The number of nitrogen functional groups attached to an aromatic ring is 1. The van der Waals surface area contributed by atoms with Gasteiger partial charge in [-0.25, -0.2) is 13.8 Å². The maximum Gasteiger partial charge on any atom is 0.271 e. The van der Waals surface area contributed by atoms with Crippen LogP contribution in [0, 0.1) is 0 Å². The molecule has 1 aliphatic rings. The van der Waals surface area contributed by atoms with Gasteiger partial charge in [0.1, 0.15) is 5.75 Å². The largest absolute Gasteiger partial charge is 0.437 e. The lowest BCUT2D eigenvalue weighted by molar-refractivity contribution is -0.226. The predicted molar refractivity (Wildman–Crippen MR) is 73.4 cm³/mol. The fourth-order valence-electron chi connectivity index (χ4n) is 2.32. The second-order valence-corrected chi connectivity index (χ2v) is 4.78. The molecule has 2 N–H and O–H groups in total. The Labute approximate surface area is 120 Å². The second kappa shape index (κ2) is 5.29. The molecule has 0 radical (unpaired) electrons. The van der Waals surface area contributed by atoms with Gasteiger partial charge in [0.25, 0.3) is 6.43 Å². The van der Waals surface area contributed by atoms with Crippen molar-refractivity contribution in [3.8, 4) is 11.6 Å². The Balaban J connectivity index is 1.99. The van der Waals surface area contributed by atoms with Crippen LogP contribution in [0.5, 0.6) is 11.6 Å². The van der Waals surface area contributed by atoms with Gasteiger partial charge in [-0.1, -0.05) is 18.2 Å². The maximum absolute atomic E-state index is 13.4. The molecule has 0 spiro atoms. The Hall–Kier alpha value is -2.21. The number of pyridine rings is 1. The Morgan fingerprint density at radius 2 is 2.00 bits per heavy atom. The van der Waals surface area contributed by atoms with Crippen molar-refractivity contribution in [3.05, 3.63) is 48.2 Å². The molecule has 3 rings (SSSR count). The van der Waals surface area contributed by atoms with E-state index in [1.165, 1.54) is 6.20 Å². The highest BCUT2D eigenvalue weighted by molar-refractivity contribution is 5.50. The first-order valence-electron chi connectivity index (χ1n) is 6.53. The molecule has 2 heterocycles. The number of benzene rings is 1. The lowest BCUT2D eigenvalue weighted by Crippen LogP contribution is -2.47. The molecule has 1 aromatic carbocycles. The molecule has 0 amide bonds. The fraction of sp³-hybridized carbons (Fsp3) is 0.267. The molecule has 0 saturated carbocycles. The normalized spacial score (nSPS) is 21.1. The number of hydrogen-bond donors (Lipinski definition) is 1. The molecule has 0 aliphatic carbocycles. The van der Waals surface area contributed by atoms with Crippen LogP contribution in [0.15, 0.2) is 42.6 Å². The molecule has 1 aliphatic heterocycles. The van der Waals surface area contributed by atoms with Gasteiger partial charge in [-0.15, -0.1) is 0 Å². The lowest BCUT2D eigenvalue weighted by atomic mass is 9.86. The Morgan fingerprint density at radius 1 is 1.24 bits per heavy atom.